The second-order valence-corrected chi connectivity index (χ2v) is 4.86. The molecule has 1 unspecified atom stereocenters. The highest BCUT2D eigenvalue weighted by Gasteiger charge is 2.24. The van der Waals surface area contributed by atoms with Gasteiger partial charge in [-0.3, -0.25) is 4.79 Å². The Morgan fingerprint density at radius 3 is 2.79 bits per heavy atom. The van der Waals surface area contributed by atoms with Crippen molar-refractivity contribution in [3.63, 3.8) is 0 Å². The van der Waals surface area contributed by atoms with E-state index < -0.39 is 6.10 Å². The number of fused-ring (bicyclic) bond motifs is 1. The maximum absolute atomic E-state index is 11.5. The highest BCUT2D eigenvalue weighted by Crippen LogP contribution is 2.33. The number of hydrogen-bond acceptors (Lipinski definition) is 4. The van der Waals surface area contributed by atoms with Crippen LogP contribution in [0.4, 0.5) is 0 Å². The zero-order valence-corrected chi connectivity index (χ0v) is 10.7. The van der Waals surface area contributed by atoms with Gasteiger partial charge in [-0.1, -0.05) is 6.07 Å². The summed E-state index contributed by atoms with van der Waals surface area (Å²) in [5, 5.41) is 10.2. The molecule has 3 rings (SSSR count). The Morgan fingerprint density at radius 2 is 2.05 bits per heavy atom. The van der Waals surface area contributed by atoms with Gasteiger partial charge in [-0.25, -0.2) is 0 Å². The molecule has 2 aliphatic heterocycles. The fraction of sp³-hybridized carbons (Fsp3) is 0.500. The monoisotopic (exact) mass is 263 g/mol. The fourth-order valence-electron chi connectivity index (χ4n) is 2.48. The number of nitrogens with zero attached hydrogens (tertiary/aromatic N) is 1. The van der Waals surface area contributed by atoms with Gasteiger partial charge < -0.3 is 19.5 Å². The molecule has 0 radical (unpaired) electrons. The number of aliphatic hydroxyl groups is 1. The van der Waals surface area contributed by atoms with Crippen LogP contribution < -0.4 is 9.47 Å². The second kappa shape index (κ2) is 5.09. The van der Waals surface area contributed by atoms with Crippen molar-refractivity contribution in [3.05, 3.63) is 23.8 Å². The molecule has 1 atom stereocenters. The standard InChI is InChI=1S/C14H17NO4/c16-11(9-15-5-1-2-14(15)17)10-3-4-12-13(8-10)19-7-6-18-12/h3-4,8,11,16H,1-2,5-7,9H2. The van der Waals surface area contributed by atoms with Gasteiger partial charge in [-0.2, -0.15) is 0 Å². The lowest BCUT2D eigenvalue weighted by Gasteiger charge is -2.22. The molecule has 5 heteroatoms. The smallest absolute Gasteiger partial charge is 0.222 e. The van der Waals surface area contributed by atoms with Gasteiger partial charge in [-0.15, -0.1) is 0 Å². The summed E-state index contributed by atoms with van der Waals surface area (Å²) < 4.78 is 10.9. The molecular weight excluding hydrogens is 246 g/mol. The van der Waals surface area contributed by atoms with Crippen LogP contribution in [-0.4, -0.2) is 42.2 Å². The summed E-state index contributed by atoms with van der Waals surface area (Å²) in [5.41, 5.74) is 0.754. The van der Waals surface area contributed by atoms with Gasteiger partial charge in [0.15, 0.2) is 11.5 Å². The van der Waals surface area contributed by atoms with Gasteiger partial charge in [0.05, 0.1) is 12.6 Å². The Bertz CT molecular complexity index is 488. The fourth-order valence-corrected chi connectivity index (χ4v) is 2.48. The molecule has 1 aromatic carbocycles. The molecule has 0 aromatic heterocycles. The third-order valence-corrected chi connectivity index (χ3v) is 3.52. The molecule has 1 fully saturated rings. The van der Waals surface area contributed by atoms with Crippen LogP contribution in [-0.2, 0) is 4.79 Å². The number of carbonyl (C=O) groups excluding carboxylic acids is 1. The first kappa shape index (κ1) is 12.3. The van der Waals surface area contributed by atoms with Crippen molar-refractivity contribution in [2.24, 2.45) is 0 Å². The van der Waals surface area contributed by atoms with Gasteiger partial charge in [0, 0.05) is 13.0 Å². The van der Waals surface area contributed by atoms with Gasteiger partial charge in [0.2, 0.25) is 5.91 Å². The first-order valence-corrected chi connectivity index (χ1v) is 6.59. The predicted molar refractivity (Wildman–Crippen MR) is 68.2 cm³/mol. The first-order valence-electron chi connectivity index (χ1n) is 6.59. The Balaban J connectivity index is 1.72. The molecule has 19 heavy (non-hydrogen) atoms. The van der Waals surface area contributed by atoms with Crippen molar-refractivity contribution in [2.45, 2.75) is 18.9 Å². The van der Waals surface area contributed by atoms with Crippen LogP contribution >= 0.6 is 0 Å². The molecule has 2 aliphatic rings. The summed E-state index contributed by atoms with van der Waals surface area (Å²) in [7, 11) is 0. The normalized spacial score (nSPS) is 19.6. The zero-order valence-electron chi connectivity index (χ0n) is 10.7. The van der Waals surface area contributed by atoms with Crippen LogP contribution in [0.3, 0.4) is 0 Å². The van der Waals surface area contributed by atoms with E-state index in [1.807, 2.05) is 6.07 Å². The van der Waals surface area contributed by atoms with Gasteiger partial charge >= 0.3 is 0 Å². The number of β-amino-alcohol motifs (C(OH)–C–C–N with tert-alkyl or cyclic N) is 1. The molecule has 102 valence electrons. The van der Waals surface area contributed by atoms with E-state index in [-0.39, 0.29) is 5.91 Å². The lowest BCUT2D eigenvalue weighted by atomic mass is 10.1. The van der Waals surface area contributed by atoms with E-state index in [0.29, 0.717) is 37.7 Å². The molecule has 5 nitrogen and oxygen atoms in total. The van der Waals surface area contributed by atoms with Crippen LogP contribution in [0.5, 0.6) is 11.5 Å². The number of hydrogen-bond donors (Lipinski definition) is 1. The number of amides is 1. The van der Waals surface area contributed by atoms with E-state index >= 15 is 0 Å². The quantitative estimate of drug-likeness (QED) is 0.887. The van der Waals surface area contributed by atoms with Gasteiger partial charge in [-0.05, 0) is 24.1 Å². The third kappa shape index (κ3) is 2.51. The minimum absolute atomic E-state index is 0.122. The van der Waals surface area contributed by atoms with Crippen molar-refractivity contribution >= 4 is 5.91 Å². The number of rotatable bonds is 3. The molecule has 2 heterocycles. The first-order chi connectivity index (χ1) is 9.24. The molecule has 1 saturated heterocycles. The summed E-state index contributed by atoms with van der Waals surface area (Å²) >= 11 is 0. The van der Waals surface area contributed by atoms with Crippen LogP contribution in [0, 0.1) is 0 Å². The highest BCUT2D eigenvalue weighted by atomic mass is 16.6. The molecule has 0 bridgehead atoms. The topological polar surface area (TPSA) is 59.0 Å². The SMILES string of the molecule is O=C1CCCN1CC(O)c1ccc2c(c1)OCCO2. The summed E-state index contributed by atoms with van der Waals surface area (Å²) in [5.74, 6) is 1.49. The van der Waals surface area contributed by atoms with Crippen LogP contribution in [0.1, 0.15) is 24.5 Å². The molecule has 1 amide bonds. The van der Waals surface area contributed by atoms with Crippen LogP contribution in [0.2, 0.25) is 0 Å². The van der Waals surface area contributed by atoms with E-state index in [2.05, 4.69) is 0 Å². The Morgan fingerprint density at radius 1 is 1.26 bits per heavy atom. The molecule has 0 saturated carbocycles. The lowest BCUT2D eigenvalue weighted by molar-refractivity contribution is -0.128. The largest absolute Gasteiger partial charge is 0.486 e. The average molecular weight is 263 g/mol. The molecule has 1 aromatic rings. The highest BCUT2D eigenvalue weighted by molar-refractivity contribution is 5.78. The summed E-state index contributed by atoms with van der Waals surface area (Å²) in [6, 6.07) is 5.41. The average Bonchev–Trinajstić information content (AvgIpc) is 2.84. The third-order valence-electron chi connectivity index (χ3n) is 3.52. The van der Waals surface area contributed by atoms with Crippen molar-refractivity contribution in [1.29, 1.82) is 0 Å². The lowest BCUT2D eigenvalue weighted by Crippen LogP contribution is -2.29. The number of benzene rings is 1. The minimum Gasteiger partial charge on any atom is -0.486 e. The summed E-state index contributed by atoms with van der Waals surface area (Å²) in [6.07, 6.45) is 0.790. The molecule has 1 N–H and O–H groups in total. The number of ether oxygens (including phenoxy) is 2. The van der Waals surface area contributed by atoms with E-state index in [1.54, 1.807) is 17.0 Å². The summed E-state index contributed by atoms with van der Waals surface area (Å²) in [4.78, 5) is 13.3. The van der Waals surface area contributed by atoms with Gasteiger partial charge in [0.25, 0.3) is 0 Å². The van der Waals surface area contributed by atoms with Crippen LogP contribution in [0.25, 0.3) is 0 Å². The molecule has 0 aliphatic carbocycles. The molecule has 0 spiro atoms. The Kier molecular flexibility index (Phi) is 3.29. The Labute approximate surface area is 111 Å². The second-order valence-electron chi connectivity index (χ2n) is 4.86. The zero-order chi connectivity index (χ0) is 13.2. The van der Waals surface area contributed by atoms with E-state index in [0.717, 1.165) is 18.5 Å². The maximum Gasteiger partial charge on any atom is 0.222 e. The van der Waals surface area contributed by atoms with E-state index in [4.69, 9.17) is 9.47 Å². The molecular formula is C14H17NO4. The summed E-state index contributed by atoms with van der Waals surface area (Å²) in [6.45, 7) is 2.16. The van der Waals surface area contributed by atoms with Gasteiger partial charge in [0.1, 0.15) is 13.2 Å². The van der Waals surface area contributed by atoms with Crippen molar-refractivity contribution in [1.82, 2.24) is 4.90 Å². The Hall–Kier alpha value is -1.75. The van der Waals surface area contributed by atoms with Crippen molar-refractivity contribution in [3.8, 4) is 11.5 Å². The van der Waals surface area contributed by atoms with E-state index in [9.17, 15) is 9.90 Å². The number of aliphatic hydroxyl groups excluding tert-OH is 1. The number of likely N-dealkylation sites (tertiary alicyclic amines) is 1. The van der Waals surface area contributed by atoms with Crippen molar-refractivity contribution in [2.75, 3.05) is 26.3 Å². The van der Waals surface area contributed by atoms with E-state index in [1.165, 1.54) is 0 Å². The van der Waals surface area contributed by atoms with Crippen LogP contribution in [0.15, 0.2) is 18.2 Å². The van der Waals surface area contributed by atoms with Crippen molar-refractivity contribution < 1.29 is 19.4 Å². The minimum atomic E-state index is -0.683. The number of carbonyl (C=O) groups is 1. The predicted octanol–water partition coefficient (Wildman–Crippen LogP) is 1.11. The maximum atomic E-state index is 11.5.